The molecule has 1 aromatic rings. The zero-order valence-electron chi connectivity index (χ0n) is 13.5. The molecule has 1 aromatic carbocycles. The third-order valence-electron chi connectivity index (χ3n) is 3.95. The Kier molecular flexibility index (Phi) is 4.64. The molecule has 0 radical (unpaired) electrons. The van der Waals surface area contributed by atoms with Gasteiger partial charge in [0, 0.05) is 17.1 Å². The van der Waals surface area contributed by atoms with Crippen molar-refractivity contribution in [3.63, 3.8) is 0 Å². The number of nitrogens with zero attached hydrogens (tertiary/aromatic N) is 2. The molecule has 120 valence electrons. The van der Waals surface area contributed by atoms with E-state index in [0.717, 1.165) is 42.8 Å². The lowest BCUT2D eigenvalue weighted by Gasteiger charge is -2.15. The summed E-state index contributed by atoms with van der Waals surface area (Å²) in [4.78, 5) is 20.4. The summed E-state index contributed by atoms with van der Waals surface area (Å²) in [6.45, 7) is 0.746. The van der Waals surface area contributed by atoms with Gasteiger partial charge in [-0.3, -0.25) is 9.69 Å². The molecule has 0 unspecified atom stereocenters. The summed E-state index contributed by atoms with van der Waals surface area (Å²) in [7, 11) is 4.15. The zero-order valence-corrected chi connectivity index (χ0v) is 14.2. The molecule has 0 saturated carbocycles. The highest BCUT2D eigenvalue weighted by Gasteiger charge is 2.33. The largest absolute Gasteiger partial charge is 0.313 e. The minimum absolute atomic E-state index is 0.00324. The molecule has 5 heteroatoms. The fourth-order valence-corrected chi connectivity index (χ4v) is 3.03. The molecule has 0 atom stereocenters. The van der Waals surface area contributed by atoms with Gasteiger partial charge in [0.25, 0.3) is 5.91 Å². The molecule has 0 spiro atoms. The van der Waals surface area contributed by atoms with Crippen LogP contribution in [-0.4, -0.2) is 37.3 Å². The molecule has 1 N–H and O–H groups in total. The van der Waals surface area contributed by atoms with E-state index in [1.54, 1.807) is 0 Å². The van der Waals surface area contributed by atoms with E-state index in [4.69, 9.17) is 11.6 Å². The van der Waals surface area contributed by atoms with Crippen LogP contribution in [0.3, 0.4) is 0 Å². The number of fused-ring (bicyclic) bond motifs is 1. The Hall–Kier alpha value is -1.91. The van der Waals surface area contributed by atoms with Crippen molar-refractivity contribution in [2.24, 2.45) is 4.99 Å². The summed E-state index contributed by atoms with van der Waals surface area (Å²) in [5.74, 6) is 0.824. The average molecular weight is 331 g/mol. The van der Waals surface area contributed by atoms with Gasteiger partial charge in [-0.05, 0) is 43.0 Å². The highest BCUT2D eigenvalue weighted by molar-refractivity contribution is 6.30. The summed E-state index contributed by atoms with van der Waals surface area (Å²) in [5.41, 5.74) is 2.60. The Balaban J connectivity index is 1.98. The van der Waals surface area contributed by atoms with Crippen LogP contribution < -0.4 is 4.90 Å². The number of benzene rings is 1. The molecular weight excluding hydrogens is 310 g/mol. The smallest absolute Gasteiger partial charge is 0.278 e. The number of carbonyl (C=O) groups is 1. The molecule has 2 aliphatic heterocycles. The van der Waals surface area contributed by atoms with Gasteiger partial charge in [0.05, 0.1) is 14.1 Å². The molecule has 3 rings (SSSR count). The molecule has 0 aromatic heterocycles. The summed E-state index contributed by atoms with van der Waals surface area (Å²) in [6.07, 6.45) is 7.06. The highest BCUT2D eigenvalue weighted by Crippen LogP contribution is 2.27. The van der Waals surface area contributed by atoms with Gasteiger partial charge < -0.3 is 4.90 Å². The molecule has 2 aliphatic rings. The Bertz CT molecular complexity index is 701. The minimum atomic E-state index is -0.00324. The van der Waals surface area contributed by atoms with Crippen LogP contribution >= 0.6 is 11.6 Å². The number of aliphatic imine (C=N–C) groups is 1. The van der Waals surface area contributed by atoms with Gasteiger partial charge in [-0.1, -0.05) is 23.7 Å². The van der Waals surface area contributed by atoms with Crippen molar-refractivity contribution in [1.82, 2.24) is 4.90 Å². The van der Waals surface area contributed by atoms with Crippen LogP contribution in [0.25, 0.3) is 6.08 Å². The lowest BCUT2D eigenvalue weighted by molar-refractivity contribution is -0.801. The van der Waals surface area contributed by atoms with Gasteiger partial charge in [0.1, 0.15) is 17.7 Å². The van der Waals surface area contributed by atoms with Crippen molar-refractivity contribution >= 4 is 29.4 Å². The maximum Gasteiger partial charge on any atom is 0.278 e. The molecule has 0 bridgehead atoms. The van der Waals surface area contributed by atoms with Crippen LogP contribution in [-0.2, 0) is 4.79 Å². The van der Waals surface area contributed by atoms with Gasteiger partial charge >= 0.3 is 0 Å². The third-order valence-corrected chi connectivity index (χ3v) is 4.20. The summed E-state index contributed by atoms with van der Waals surface area (Å²) < 4.78 is 0. The number of amidine groups is 1. The van der Waals surface area contributed by atoms with E-state index in [0.29, 0.717) is 10.7 Å². The van der Waals surface area contributed by atoms with Gasteiger partial charge in [0.2, 0.25) is 0 Å². The van der Waals surface area contributed by atoms with Crippen LogP contribution in [0.4, 0.5) is 0 Å². The van der Waals surface area contributed by atoms with E-state index >= 15 is 0 Å². The molecule has 4 nitrogen and oxygen atoms in total. The third kappa shape index (κ3) is 3.54. The van der Waals surface area contributed by atoms with E-state index < -0.39 is 0 Å². The number of halogens is 1. The van der Waals surface area contributed by atoms with Crippen molar-refractivity contribution in [2.75, 3.05) is 20.6 Å². The van der Waals surface area contributed by atoms with Gasteiger partial charge in [-0.2, -0.15) is 0 Å². The van der Waals surface area contributed by atoms with E-state index in [9.17, 15) is 4.79 Å². The molecule has 1 fully saturated rings. The number of hydrogen-bond acceptors (Lipinski definition) is 2. The molecule has 0 aliphatic carbocycles. The van der Waals surface area contributed by atoms with E-state index in [-0.39, 0.29) is 5.91 Å². The van der Waals surface area contributed by atoms with Crippen LogP contribution in [0.5, 0.6) is 0 Å². The Labute approximate surface area is 141 Å². The molecule has 2 heterocycles. The lowest BCUT2D eigenvalue weighted by Crippen LogP contribution is -3.00. The van der Waals surface area contributed by atoms with E-state index in [1.807, 2.05) is 35.2 Å². The SMILES string of the molecule is C[NH+](C)/C=C1\CCCCN2C(=O)/C(=C\c3ccc(Cl)cc3)N=C12. The monoisotopic (exact) mass is 330 g/mol. The zero-order chi connectivity index (χ0) is 16.4. The molecular formula is C18H21ClN3O+. The maximum absolute atomic E-state index is 12.7. The first kappa shape index (κ1) is 16.0. The first-order valence-corrected chi connectivity index (χ1v) is 8.31. The molecule has 1 amide bonds. The summed E-state index contributed by atoms with van der Waals surface area (Å²) >= 11 is 5.91. The Morgan fingerprint density at radius 3 is 2.65 bits per heavy atom. The number of amides is 1. The topological polar surface area (TPSA) is 37.1 Å². The standard InChI is InChI=1S/C18H20ClN3O/c1-21(2)12-14-5-3-4-10-22-17(14)20-16(18(22)23)11-13-6-8-15(19)9-7-13/h6-9,11-12H,3-5,10H2,1-2H3/p+1/b14-12+,16-11+. The quantitative estimate of drug-likeness (QED) is 0.829. The number of rotatable bonds is 2. The first-order chi connectivity index (χ1) is 11.0. The lowest BCUT2D eigenvalue weighted by atomic mass is 10.1. The number of hydrogen-bond donors (Lipinski definition) is 1. The maximum atomic E-state index is 12.7. The summed E-state index contributed by atoms with van der Waals surface area (Å²) in [5, 5.41) is 0.685. The van der Waals surface area contributed by atoms with Crippen molar-refractivity contribution in [3.8, 4) is 0 Å². The van der Waals surface area contributed by atoms with Gasteiger partial charge in [-0.15, -0.1) is 0 Å². The Morgan fingerprint density at radius 2 is 1.96 bits per heavy atom. The van der Waals surface area contributed by atoms with Crippen LogP contribution in [0, 0.1) is 0 Å². The van der Waals surface area contributed by atoms with Crippen molar-refractivity contribution < 1.29 is 9.69 Å². The van der Waals surface area contributed by atoms with Crippen LogP contribution in [0.2, 0.25) is 5.02 Å². The second-order valence-corrected chi connectivity index (χ2v) is 6.61. The number of quaternary nitrogens is 1. The van der Waals surface area contributed by atoms with Gasteiger partial charge in [0.15, 0.2) is 0 Å². The fraction of sp³-hybridized carbons (Fsp3) is 0.333. The number of carbonyl (C=O) groups excluding carboxylic acids is 1. The normalized spacial score (nSPS) is 21.8. The second kappa shape index (κ2) is 6.69. The van der Waals surface area contributed by atoms with E-state index in [2.05, 4.69) is 25.3 Å². The first-order valence-electron chi connectivity index (χ1n) is 7.93. The Morgan fingerprint density at radius 1 is 1.22 bits per heavy atom. The number of nitrogens with one attached hydrogen (secondary N) is 1. The predicted octanol–water partition coefficient (Wildman–Crippen LogP) is 2.13. The van der Waals surface area contributed by atoms with Crippen molar-refractivity contribution in [2.45, 2.75) is 19.3 Å². The summed E-state index contributed by atoms with van der Waals surface area (Å²) in [6, 6.07) is 7.43. The van der Waals surface area contributed by atoms with E-state index in [1.165, 1.54) is 4.90 Å². The second-order valence-electron chi connectivity index (χ2n) is 6.18. The van der Waals surface area contributed by atoms with Crippen molar-refractivity contribution in [1.29, 1.82) is 0 Å². The van der Waals surface area contributed by atoms with Crippen LogP contribution in [0.1, 0.15) is 24.8 Å². The van der Waals surface area contributed by atoms with Gasteiger partial charge in [-0.25, -0.2) is 4.99 Å². The average Bonchev–Trinajstić information content (AvgIpc) is 2.68. The predicted molar refractivity (Wildman–Crippen MR) is 93.3 cm³/mol. The highest BCUT2D eigenvalue weighted by atomic mass is 35.5. The fourth-order valence-electron chi connectivity index (χ4n) is 2.90. The van der Waals surface area contributed by atoms with Crippen LogP contribution in [0.15, 0.2) is 46.7 Å². The minimum Gasteiger partial charge on any atom is -0.313 e. The van der Waals surface area contributed by atoms with Crippen molar-refractivity contribution in [3.05, 3.63) is 52.3 Å². The molecule has 1 saturated heterocycles. The molecule has 23 heavy (non-hydrogen) atoms.